The number of aromatic nitrogens is 5. The minimum Gasteiger partial charge on any atom is -0.348 e. The maximum atomic E-state index is 13.0. The Morgan fingerprint density at radius 3 is 2.85 bits per heavy atom. The van der Waals surface area contributed by atoms with Gasteiger partial charge in [0.2, 0.25) is 5.82 Å². The molecule has 0 spiro atoms. The molecule has 4 rings (SSSR count). The van der Waals surface area contributed by atoms with Crippen molar-refractivity contribution in [1.82, 2.24) is 24.7 Å². The topological polar surface area (TPSA) is 79.7 Å². The summed E-state index contributed by atoms with van der Waals surface area (Å²) in [6.45, 7) is 2.60. The van der Waals surface area contributed by atoms with Gasteiger partial charge in [0.05, 0.1) is 11.9 Å². The lowest BCUT2D eigenvalue weighted by molar-refractivity contribution is -0.147. The Morgan fingerprint density at radius 1 is 1.31 bits per heavy atom. The molecule has 0 fully saturated rings. The van der Waals surface area contributed by atoms with Crippen LogP contribution in [0, 0.1) is 0 Å². The Labute approximate surface area is 149 Å². The number of anilines is 1. The third kappa shape index (κ3) is 2.85. The van der Waals surface area contributed by atoms with Crippen molar-refractivity contribution in [2.24, 2.45) is 0 Å². The molecule has 26 heavy (non-hydrogen) atoms. The summed E-state index contributed by atoms with van der Waals surface area (Å²) in [6, 6.07) is 1.99. The van der Waals surface area contributed by atoms with Crippen LogP contribution in [0.2, 0.25) is 0 Å². The molecule has 0 atom stereocenters. The first-order chi connectivity index (χ1) is 12.4. The Hall–Kier alpha value is -2.43. The van der Waals surface area contributed by atoms with Gasteiger partial charge in [0.15, 0.2) is 5.82 Å². The number of fused-ring (bicyclic) bond motifs is 2. The van der Waals surface area contributed by atoms with Crippen LogP contribution in [-0.4, -0.2) is 31.3 Å². The number of hydrogen-bond acceptors (Lipinski definition) is 6. The van der Waals surface area contributed by atoms with E-state index in [1.165, 1.54) is 11.3 Å². The molecule has 0 saturated carbocycles. The Morgan fingerprint density at radius 2 is 2.12 bits per heavy atom. The van der Waals surface area contributed by atoms with E-state index in [4.69, 9.17) is 0 Å². The second kappa shape index (κ2) is 6.08. The lowest BCUT2D eigenvalue weighted by atomic mass is 10.2. The van der Waals surface area contributed by atoms with Crippen LogP contribution in [-0.2, 0) is 25.7 Å². The van der Waals surface area contributed by atoms with Crippen molar-refractivity contribution in [1.29, 1.82) is 0 Å². The van der Waals surface area contributed by atoms with Crippen LogP contribution in [0.1, 0.15) is 29.9 Å². The van der Waals surface area contributed by atoms with E-state index < -0.39 is 17.7 Å². The van der Waals surface area contributed by atoms with Crippen molar-refractivity contribution in [3.05, 3.63) is 33.1 Å². The molecule has 0 radical (unpaired) electrons. The average Bonchev–Trinajstić information content (AvgIpc) is 3.16. The Balaban J connectivity index is 1.73. The highest BCUT2D eigenvalue weighted by atomic mass is 32.1. The summed E-state index contributed by atoms with van der Waals surface area (Å²) < 4.78 is 40.0. The lowest BCUT2D eigenvalue weighted by Crippen LogP contribution is -2.36. The van der Waals surface area contributed by atoms with Crippen LogP contribution in [0.5, 0.6) is 0 Å². The van der Waals surface area contributed by atoms with E-state index in [2.05, 4.69) is 27.1 Å². The van der Waals surface area contributed by atoms with E-state index in [1.54, 1.807) is 0 Å². The number of aromatic amines is 1. The van der Waals surface area contributed by atoms with Gasteiger partial charge in [0, 0.05) is 18.0 Å². The summed E-state index contributed by atoms with van der Waals surface area (Å²) in [5.74, 6) is -0.193. The van der Waals surface area contributed by atoms with E-state index in [-0.39, 0.29) is 18.9 Å². The van der Waals surface area contributed by atoms with Crippen molar-refractivity contribution < 1.29 is 13.2 Å². The normalized spacial score (nSPS) is 14.8. The molecule has 3 aromatic rings. The third-order valence-electron chi connectivity index (χ3n) is 4.27. The van der Waals surface area contributed by atoms with Gasteiger partial charge in [-0.3, -0.25) is 4.98 Å². The molecule has 0 bridgehead atoms. The first-order valence-corrected chi connectivity index (χ1v) is 8.95. The van der Waals surface area contributed by atoms with Gasteiger partial charge in [-0.2, -0.15) is 18.2 Å². The highest BCUT2D eigenvalue weighted by Crippen LogP contribution is 2.33. The van der Waals surface area contributed by atoms with Crippen molar-refractivity contribution in [3.8, 4) is 0 Å². The molecule has 7 nitrogen and oxygen atoms in total. The van der Waals surface area contributed by atoms with E-state index in [9.17, 15) is 18.0 Å². The van der Waals surface area contributed by atoms with E-state index >= 15 is 0 Å². The molecular formula is C15H15F3N6OS. The largest absolute Gasteiger partial charge is 0.451 e. The molecule has 1 aliphatic rings. The summed E-state index contributed by atoms with van der Waals surface area (Å²) in [7, 11) is 0. The number of nitrogens with one attached hydrogen (secondary N) is 1. The quantitative estimate of drug-likeness (QED) is 0.751. The molecule has 4 heterocycles. The molecule has 138 valence electrons. The van der Waals surface area contributed by atoms with Crippen LogP contribution in [0.4, 0.5) is 19.0 Å². The Bertz CT molecular complexity index is 1020. The molecule has 11 heteroatoms. The van der Waals surface area contributed by atoms with Gasteiger partial charge in [-0.25, -0.2) is 4.79 Å². The highest BCUT2D eigenvalue weighted by molar-refractivity contribution is 7.18. The summed E-state index contributed by atoms with van der Waals surface area (Å²) in [5.41, 5.74) is -0.472. The summed E-state index contributed by atoms with van der Waals surface area (Å²) >= 11 is 1.47. The van der Waals surface area contributed by atoms with Crippen LogP contribution < -0.4 is 10.6 Å². The number of aryl methyl sites for hydroxylation is 1. The third-order valence-corrected chi connectivity index (χ3v) is 5.36. The van der Waals surface area contributed by atoms with Crippen molar-refractivity contribution in [3.63, 3.8) is 0 Å². The minimum atomic E-state index is -4.53. The van der Waals surface area contributed by atoms with Gasteiger partial charge in [0.1, 0.15) is 10.6 Å². The van der Waals surface area contributed by atoms with E-state index in [0.29, 0.717) is 17.2 Å². The lowest BCUT2D eigenvalue weighted by Gasteiger charge is -2.29. The number of hydrogen-bond donors (Lipinski definition) is 1. The predicted octanol–water partition coefficient (Wildman–Crippen LogP) is 2.57. The summed E-state index contributed by atoms with van der Waals surface area (Å²) in [4.78, 5) is 22.2. The zero-order valence-electron chi connectivity index (χ0n) is 13.8. The highest BCUT2D eigenvalue weighted by Gasteiger charge is 2.39. The monoisotopic (exact) mass is 384 g/mol. The molecule has 0 aromatic carbocycles. The maximum Gasteiger partial charge on any atom is 0.451 e. The first-order valence-electron chi connectivity index (χ1n) is 8.13. The number of alkyl halides is 3. The fourth-order valence-corrected chi connectivity index (χ4v) is 4.28. The number of halogens is 3. The average molecular weight is 384 g/mol. The second-order valence-electron chi connectivity index (χ2n) is 6.08. The zero-order chi connectivity index (χ0) is 18.5. The molecule has 0 saturated heterocycles. The summed E-state index contributed by atoms with van der Waals surface area (Å²) in [5, 5.41) is 7.77. The zero-order valence-corrected chi connectivity index (χ0v) is 14.6. The van der Waals surface area contributed by atoms with E-state index in [1.807, 2.05) is 11.0 Å². The second-order valence-corrected chi connectivity index (χ2v) is 7.20. The Kier molecular flexibility index (Phi) is 3.98. The smallest absolute Gasteiger partial charge is 0.348 e. The fraction of sp³-hybridized carbons (Fsp3) is 0.467. The van der Waals surface area contributed by atoms with Gasteiger partial charge < -0.3 is 9.47 Å². The van der Waals surface area contributed by atoms with E-state index in [0.717, 1.165) is 27.7 Å². The number of H-pyrrole nitrogens is 1. The van der Waals surface area contributed by atoms with Gasteiger partial charge >= 0.3 is 11.9 Å². The number of thiophene rings is 1. The SMILES string of the molecule is CCCc1cc2c(N3CCn4c(nnc4C(F)(F)F)C3)[nH]c(=O)nc2s1. The van der Waals surface area contributed by atoms with Crippen molar-refractivity contribution in [2.75, 3.05) is 11.4 Å². The van der Waals surface area contributed by atoms with Gasteiger partial charge in [-0.15, -0.1) is 21.5 Å². The minimum absolute atomic E-state index is 0.0922. The standard InChI is InChI=1S/C15H15F3N6OS/c1-2-3-8-6-9-11(19-14(25)20-12(9)26-8)23-4-5-24-10(7-23)21-22-13(24)15(16,17)18/h6H,2-5,7H2,1H3,(H,19,20,25). The molecule has 1 N–H and O–H groups in total. The van der Waals surface area contributed by atoms with Crippen molar-refractivity contribution >= 4 is 27.4 Å². The molecule has 0 aliphatic carbocycles. The molecular weight excluding hydrogens is 369 g/mol. The van der Waals surface area contributed by atoms with Crippen LogP contribution >= 0.6 is 11.3 Å². The molecule has 0 unspecified atom stereocenters. The fourth-order valence-electron chi connectivity index (χ4n) is 3.15. The number of rotatable bonds is 3. The maximum absolute atomic E-state index is 13.0. The van der Waals surface area contributed by atoms with Gasteiger partial charge in [-0.1, -0.05) is 13.3 Å². The first kappa shape index (κ1) is 17.0. The van der Waals surface area contributed by atoms with Gasteiger partial charge in [0.25, 0.3) is 0 Å². The summed E-state index contributed by atoms with van der Waals surface area (Å²) in [6.07, 6.45) is -2.67. The van der Waals surface area contributed by atoms with Gasteiger partial charge in [-0.05, 0) is 12.5 Å². The van der Waals surface area contributed by atoms with Crippen LogP contribution in [0.3, 0.4) is 0 Å². The van der Waals surface area contributed by atoms with Crippen molar-refractivity contribution in [2.45, 2.75) is 39.0 Å². The van der Waals surface area contributed by atoms with Crippen LogP contribution in [0.15, 0.2) is 10.9 Å². The number of nitrogens with zero attached hydrogens (tertiary/aromatic N) is 5. The van der Waals surface area contributed by atoms with Crippen LogP contribution in [0.25, 0.3) is 10.2 Å². The predicted molar refractivity (Wildman–Crippen MR) is 90.3 cm³/mol. The molecule has 1 aliphatic heterocycles. The molecule has 3 aromatic heterocycles. The molecule has 0 amide bonds.